The molecular formula is C93H94ClN25O15S. The molecule has 10 N–H and O–H groups in total. The summed E-state index contributed by atoms with van der Waals surface area (Å²) in [5.41, 5.74) is 25.7. The number of carbonyl (C=O) groups excluding carboxylic acids is 3. The molecule has 0 unspecified atom stereocenters. The van der Waals surface area contributed by atoms with Crippen LogP contribution in [0.5, 0.6) is 0 Å². The second-order valence-electron chi connectivity index (χ2n) is 30.4. The second-order valence-corrected chi connectivity index (χ2v) is 31.8. The van der Waals surface area contributed by atoms with Gasteiger partial charge < -0.3 is 40.2 Å². The van der Waals surface area contributed by atoms with Gasteiger partial charge in [0.15, 0.2) is 45.8 Å². The number of carboxylic acids is 3. The predicted octanol–water partition coefficient (Wildman–Crippen LogP) is 11.3. The third kappa shape index (κ3) is 27.0. The molecule has 0 radical (unpaired) electrons. The highest BCUT2D eigenvalue weighted by Gasteiger charge is 2.24. The summed E-state index contributed by atoms with van der Waals surface area (Å²) in [7, 11) is 1.78. The van der Waals surface area contributed by atoms with Crippen molar-refractivity contribution in [1.82, 2.24) is 98.1 Å². The molecule has 4 aromatic carbocycles. The van der Waals surface area contributed by atoms with E-state index >= 15 is 0 Å². The Kier molecular flexibility index (Phi) is 34.2. The summed E-state index contributed by atoms with van der Waals surface area (Å²) in [5.74, 6) is 4.76. The van der Waals surface area contributed by atoms with Crippen molar-refractivity contribution in [3.63, 3.8) is 0 Å². The fourth-order valence-corrected chi connectivity index (χ4v) is 13.8. The number of nitriles is 1. The number of carboxylic acid groups (broad SMARTS) is 3. The number of halogens is 1. The van der Waals surface area contributed by atoms with Crippen LogP contribution in [0.4, 0.5) is 11.5 Å². The monoisotopic (exact) mass is 1870 g/mol. The van der Waals surface area contributed by atoms with Crippen molar-refractivity contribution in [2.45, 2.75) is 86.2 Å². The molecule has 13 aromatic heterocycles. The van der Waals surface area contributed by atoms with E-state index in [1.54, 1.807) is 124 Å². The van der Waals surface area contributed by atoms with Crippen molar-refractivity contribution in [3.05, 3.63) is 305 Å². The van der Waals surface area contributed by atoms with Crippen LogP contribution in [0.15, 0.2) is 231 Å². The number of rotatable bonds is 15. The average molecular weight is 1870 g/mol. The van der Waals surface area contributed by atoms with Crippen molar-refractivity contribution in [3.8, 4) is 74.0 Å². The lowest BCUT2D eigenvalue weighted by Crippen LogP contribution is -2.46. The highest BCUT2D eigenvalue weighted by Crippen LogP contribution is 2.29. The minimum atomic E-state index is -4.33. The van der Waals surface area contributed by atoms with Crippen LogP contribution in [-0.2, 0) is 52.0 Å². The van der Waals surface area contributed by atoms with Crippen LogP contribution < -0.4 is 22.0 Å². The number of methoxy groups -OCH3 is 1. The zero-order chi connectivity index (χ0) is 97.6. The fraction of sp³-hybridized carbons (Fsp3) is 0.183. The normalized spacial score (nSPS) is 10.6. The molecule has 0 aliphatic carbocycles. The van der Waals surface area contributed by atoms with Crippen LogP contribution in [0.1, 0.15) is 124 Å². The van der Waals surface area contributed by atoms with Crippen LogP contribution in [0.2, 0.25) is 0 Å². The standard InChI is InChI=1S/C18H19N3O2.C13H9N3O2.C12H14N4O2.C12H10N4.C11H12N4O2.C11H8N4O2.C9H12O3S.C7H9N3O2.ClH/c1-18(2,3)23-16(22)12-13-9-10-21-15(11-13)19-17(20-21)14-7-5-4-6-8-14;17-13(18)10-6-7-16-11(8-10)14-12(15-16)9-4-2-1-3-5-9;1-7-4-13-8(2)15-11(7)9-5-14-16(3)12(9)10(18)6-17;13-10-6-7-16-11(8-10)14-12(15-16)9-4-2-1-3-5-9;1-6-4-12-7(2)14-9(6)8-5-13-15(3)10(8)11(16)17;1-15-10(11(16)17)8(6-14-15)9-3-2-7(4-12)5-13-9;1-6-4-7(2)9(8(3)5-6)13(10,11)12;1-12-7(11)5-2-3-10(9)6(8)4-5;/h4-11H,12H2,1-3H3;1-8H,(H,17,18);4-5,17H,6H2,1-3H3;1-8H,13H2;4-5H,1-3H3,(H,16,17);2-3,5-6H,1H3,(H,16,17);4-5H,1-3H3,(H,10,11,12);2-4,8H,9H2,1H3;1H. The molecule has 42 heteroatoms. The first-order chi connectivity index (χ1) is 63.6. The van der Waals surface area contributed by atoms with Gasteiger partial charge in [-0.2, -0.15) is 20.6 Å². The summed E-state index contributed by atoms with van der Waals surface area (Å²) < 4.78 is 52.6. The van der Waals surface area contributed by atoms with E-state index in [9.17, 15) is 41.7 Å². The Labute approximate surface area is 778 Å². The Morgan fingerprint density at radius 1 is 0.519 bits per heavy atom. The summed E-state index contributed by atoms with van der Waals surface area (Å²) in [6.45, 7) is 17.4. The SMILES string of the molecule is CC(C)(C)OC(=O)Cc1ccn2nc(-c3ccccc3)nc2c1.COC(=O)c1cc[n+](N)c(N)c1.Cc1cc(C)c(S(=O)(=O)[O-])c(C)c1.Cc1ncc(C)c(-c2cnn(C)c2C(=O)CO)n1.Cc1ncc(C)c(-c2cnn(C)c2C(=O)O)n1.Cl.Cn1ncc(-c2ccc(C#N)cn2)c1C(=O)O.Nc1ccn2nc(-c3ccccc3)nc2c1.O=C(O)c1ccn2nc(-c3ccccc3)nc2c1. The number of nitrogens with two attached hydrogens (primary N) is 3. The minimum absolute atomic E-state index is 0. The Hall–Kier alpha value is -17.1. The molecule has 13 heterocycles. The number of fused-ring (bicyclic) bond motifs is 3. The number of ketones is 1. The van der Waals surface area contributed by atoms with Crippen LogP contribution >= 0.6 is 12.4 Å². The molecule has 694 valence electrons. The number of Topliss-reactive ketones (excluding diaryl/α,β-unsaturated/α-hetero) is 1. The van der Waals surface area contributed by atoms with Crippen molar-refractivity contribution in [2.24, 2.45) is 21.1 Å². The maximum absolute atomic E-state index is 11.9. The molecular weight excluding hydrogens is 1770 g/mol. The lowest BCUT2D eigenvalue weighted by Gasteiger charge is -2.19. The summed E-state index contributed by atoms with van der Waals surface area (Å²) in [4.78, 5) is 102. The van der Waals surface area contributed by atoms with Crippen LogP contribution in [0.3, 0.4) is 0 Å². The molecule has 17 rings (SSSR count). The minimum Gasteiger partial charge on any atom is -0.744 e. The molecule has 0 fully saturated rings. The topological polar surface area (TPSA) is 573 Å². The van der Waals surface area contributed by atoms with Crippen LogP contribution in [0, 0.1) is 59.8 Å². The Morgan fingerprint density at radius 3 is 1.39 bits per heavy atom. The van der Waals surface area contributed by atoms with Gasteiger partial charge in [-0.05, 0) is 146 Å². The van der Waals surface area contributed by atoms with Crippen molar-refractivity contribution in [1.29, 1.82) is 5.26 Å². The number of carbonyl (C=O) groups is 6. The lowest BCUT2D eigenvalue weighted by molar-refractivity contribution is -0.623. The number of benzene rings is 4. The van der Waals surface area contributed by atoms with Gasteiger partial charge in [0.05, 0.1) is 81.9 Å². The van der Waals surface area contributed by atoms with E-state index in [1.807, 2.05) is 163 Å². The Balaban J connectivity index is 0.000000174. The molecule has 0 saturated carbocycles. The smallest absolute Gasteiger partial charge is 0.354 e. The second kappa shape index (κ2) is 45.4. The van der Waals surface area contributed by atoms with Crippen molar-refractivity contribution >= 4 is 86.6 Å². The molecule has 0 amide bonds. The van der Waals surface area contributed by atoms with E-state index in [0.717, 1.165) is 44.6 Å². The number of esters is 2. The molecule has 0 aliphatic rings. The number of aromatic carboxylic acids is 3. The molecule has 0 atom stereocenters. The quantitative estimate of drug-likeness (QED) is 0.0165. The number of aromatic nitrogens is 21. The number of pyridine rings is 5. The van der Waals surface area contributed by atoms with Crippen LogP contribution in [0.25, 0.3) is 84.9 Å². The molecule has 0 saturated heterocycles. The van der Waals surface area contributed by atoms with Gasteiger partial charge in [0.2, 0.25) is 5.78 Å². The number of aliphatic hydroxyl groups is 1. The summed E-state index contributed by atoms with van der Waals surface area (Å²) in [6.07, 6.45) is 16.2. The summed E-state index contributed by atoms with van der Waals surface area (Å²) in [6, 6.07) is 51.1. The average Bonchev–Trinajstić information content (AvgIpc) is 1.74. The number of nitrogen functional groups attached to an aromatic ring is 3. The van der Waals surface area contributed by atoms with Gasteiger partial charge in [0.1, 0.15) is 51.9 Å². The molecule has 40 nitrogen and oxygen atoms in total. The zero-order valence-electron chi connectivity index (χ0n) is 75.4. The number of ether oxygens (including phenoxy) is 2. The largest absolute Gasteiger partial charge is 0.744 e. The Morgan fingerprint density at radius 2 is 0.963 bits per heavy atom. The van der Waals surface area contributed by atoms with Gasteiger partial charge in [-0.3, -0.25) is 40.2 Å². The predicted molar refractivity (Wildman–Crippen MR) is 498 cm³/mol. The number of aliphatic hydroxyl groups excluding tert-OH is 1. The zero-order valence-corrected chi connectivity index (χ0v) is 77.1. The van der Waals surface area contributed by atoms with Crippen LogP contribution in [-0.4, -0.2) is 186 Å². The third-order valence-corrected chi connectivity index (χ3v) is 20.1. The van der Waals surface area contributed by atoms with Gasteiger partial charge in [-0.25, -0.2) is 76.0 Å². The summed E-state index contributed by atoms with van der Waals surface area (Å²) >= 11 is 0. The van der Waals surface area contributed by atoms with E-state index in [1.165, 1.54) is 74.9 Å². The number of nitrogens with zero attached hydrogens (tertiary/aromatic N) is 22. The van der Waals surface area contributed by atoms with Crippen molar-refractivity contribution < 1.29 is 76.3 Å². The number of hydrogen-bond donors (Lipinski definition) is 7. The van der Waals surface area contributed by atoms with Gasteiger partial charge in [-0.1, -0.05) is 109 Å². The highest BCUT2D eigenvalue weighted by molar-refractivity contribution is 7.85. The van der Waals surface area contributed by atoms with Crippen molar-refractivity contribution in [2.75, 3.05) is 31.0 Å². The molecule has 17 aromatic rings. The Bertz CT molecular complexity index is 7270. The van der Waals surface area contributed by atoms with Gasteiger partial charge in [0, 0.05) is 98.4 Å². The number of hydrogen-bond acceptors (Lipinski definition) is 30. The molecule has 0 aliphatic heterocycles. The first kappa shape index (κ1) is 102. The van der Waals surface area contributed by atoms with Gasteiger partial charge in [-0.15, -0.1) is 32.4 Å². The molecule has 135 heavy (non-hydrogen) atoms. The number of anilines is 2. The highest BCUT2D eigenvalue weighted by atomic mass is 35.5. The maximum Gasteiger partial charge on any atom is 0.354 e. The fourth-order valence-electron chi connectivity index (χ4n) is 12.9. The first-order valence-electron chi connectivity index (χ1n) is 40.4. The maximum atomic E-state index is 11.9. The van der Waals surface area contributed by atoms with E-state index in [-0.39, 0.29) is 52.4 Å². The van der Waals surface area contributed by atoms with E-state index in [2.05, 4.69) is 75.2 Å². The van der Waals surface area contributed by atoms with E-state index < -0.39 is 46.2 Å². The molecule has 0 spiro atoms. The van der Waals surface area contributed by atoms with E-state index in [0.29, 0.717) is 114 Å². The van der Waals surface area contributed by atoms with E-state index in [4.69, 9.17) is 47.7 Å². The summed E-state index contributed by atoms with van der Waals surface area (Å²) in [5, 5.41) is 69.8. The number of aryl methyl sites for hydroxylation is 10. The van der Waals surface area contributed by atoms with Gasteiger partial charge in [0.25, 0.3) is 5.82 Å². The van der Waals surface area contributed by atoms with Gasteiger partial charge >= 0.3 is 29.8 Å². The third-order valence-electron chi connectivity index (χ3n) is 19.0. The first-order valence-corrected chi connectivity index (χ1v) is 41.8. The molecule has 0 bridgehead atoms. The lowest BCUT2D eigenvalue weighted by atomic mass is 10.1.